The lowest BCUT2D eigenvalue weighted by Crippen LogP contribution is -2.33. The van der Waals surface area contributed by atoms with Crippen LogP contribution < -0.4 is 0 Å². The first kappa shape index (κ1) is 14.8. The van der Waals surface area contributed by atoms with Crippen molar-refractivity contribution in [2.45, 2.75) is 11.8 Å². The van der Waals surface area contributed by atoms with Gasteiger partial charge in [-0.05, 0) is 29.5 Å². The highest BCUT2D eigenvalue weighted by atomic mass is 79.9. The molecule has 0 atom stereocenters. The summed E-state index contributed by atoms with van der Waals surface area (Å²) in [4.78, 5) is 1.42. The molecule has 0 saturated carbocycles. The summed E-state index contributed by atoms with van der Waals surface area (Å²) < 4.78 is 1.18. The Balaban J connectivity index is 2.40. The standard InChI is InChI=1S/C14H13Br3S/c15-9-14(10-16,8-11-4-3-7-18-11)12-5-1-2-6-13(12)17/h1-7H,8-10H2. The van der Waals surface area contributed by atoms with Crippen molar-refractivity contribution in [3.8, 4) is 0 Å². The van der Waals surface area contributed by atoms with Crippen LogP contribution in [0.4, 0.5) is 0 Å². The summed E-state index contributed by atoms with van der Waals surface area (Å²) >= 11 is 12.9. The fourth-order valence-electron chi connectivity index (χ4n) is 2.01. The van der Waals surface area contributed by atoms with Crippen LogP contribution in [-0.2, 0) is 11.8 Å². The molecule has 0 nitrogen and oxygen atoms in total. The van der Waals surface area contributed by atoms with E-state index in [0.29, 0.717) is 0 Å². The topological polar surface area (TPSA) is 0 Å². The van der Waals surface area contributed by atoms with Crippen molar-refractivity contribution in [1.29, 1.82) is 0 Å². The van der Waals surface area contributed by atoms with Crippen molar-refractivity contribution in [3.63, 3.8) is 0 Å². The molecule has 2 rings (SSSR count). The van der Waals surface area contributed by atoms with Crippen molar-refractivity contribution in [1.82, 2.24) is 0 Å². The van der Waals surface area contributed by atoms with Crippen LogP contribution in [0.1, 0.15) is 10.4 Å². The van der Waals surface area contributed by atoms with E-state index in [-0.39, 0.29) is 5.41 Å². The van der Waals surface area contributed by atoms with Crippen LogP contribution in [0.25, 0.3) is 0 Å². The Bertz CT molecular complexity index is 490. The summed E-state index contributed by atoms with van der Waals surface area (Å²) in [7, 11) is 0. The van der Waals surface area contributed by atoms with Crippen LogP contribution in [0.2, 0.25) is 0 Å². The second-order valence-corrected chi connectivity index (χ2v) is 7.29. The normalized spacial score (nSPS) is 11.7. The minimum atomic E-state index is 0.0882. The van der Waals surface area contributed by atoms with Crippen LogP contribution in [0, 0.1) is 0 Å². The van der Waals surface area contributed by atoms with Crippen LogP contribution in [0.3, 0.4) is 0 Å². The van der Waals surface area contributed by atoms with Gasteiger partial charge in [0.2, 0.25) is 0 Å². The van der Waals surface area contributed by atoms with Gasteiger partial charge in [0.15, 0.2) is 0 Å². The predicted octanol–water partition coefficient (Wildman–Crippen LogP) is 5.78. The number of thiophene rings is 1. The Morgan fingerprint density at radius 1 is 1.00 bits per heavy atom. The number of hydrogen-bond donors (Lipinski definition) is 0. The minimum Gasteiger partial charge on any atom is -0.149 e. The molecule has 0 spiro atoms. The van der Waals surface area contributed by atoms with Gasteiger partial charge < -0.3 is 0 Å². The molecule has 1 aromatic heterocycles. The summed E-state index contributed by atoms with van der Waals surface area (Å²) in [6.45, 7) is 0. The zero-order valence-electron chi connectivity index (χ0n) is 9.70. The van der Waals surface area contributed by atoms with Crippen molar-refractivity contribution < 1.29 is 0 Å². The molecule has 0 aliphatic carbocycles. The summed E-state index contributed by atoms with van der Waals surface area (Å²) in [5, 5.41) is 4.01. The molecule has 0 aliphatic heterocycles. The third kappa shape index (κ3) is 3.09. The minimum absolute atomic E-state index is 0.0882. The first-order valence-electron chi connectivity index (χ1n) is 5.61. The second-order valence-electron chi connectivity index (χ2n) is 4.28. The van der Waals surface area contributed by atoms with Gasteiger partial charge in [0.05, 0.1) is 0 Å². The SMILES string of the molecule is BrCC(CBr)(Cc1cccs1)c1ccccc1Br. The Labute approximate surface area is 137 Å². The van der Waals surface area contributed by atoms with E-state index in [4.69, 9.17) is 0 Å². The molecule has 0 saturated heterocycles. The Morgan fingerprint density at radius 3 is 2.28 bits per heavy atom. The van der Waals surface area contributed by atoms with Gasteiger partial charge in [-0.25, -0.2) is 0 Å². The maximum Gasteiger partial charge on any atom is 0.0213 e. The number of alkyl halides is 2. The zero-order valence-corrected chi connectivity index (χ0v) is 15.3. The van der Waals surface area contributed by atoms with Crippen molar-refractivity contribution in [3.05, 3.63) is 56.7 Å². The molecule has 0 bridgehead atoms. The van der Waals surface area contributed by atoms with Gasteiger partial charge in [-0.15, -0.1) is 11.3 Å². The Morgan fingerprint density at radius 2 is 1.72 bits per heavy atom. The highest BCUT2D eigenvalue weighted by molar-refractivity contribution is 9.10. The summed E-state index contributed by atoms with van der Waals surface area (Å²) in [5.41, 5.74) is 1.44. The molecule has 0 fully saturated rings. The van der Waals surface area contributed by atoms with Crippen LogP contribution in [0.5, 0.6) is 0 Å². The smallest absolute Gasteiger partial charge is 0.0213 e. The first-order chi connectivity index (χ1) is 8.72. The molecule has 0 unspecified atom stereocenters. The number of halogens is 3. The van der Waals surface area contributed by atoms with Crippen LogP contribution in [-0.4, -0.2) is 10.7 Å². The van der Waals surface area contributed by atoms with E-state index in [1.807, 2.05) is 11.3 Å². The third-order valence-electron chi connectivity index (χ3n) is 3.05. The summed E-state index contributed by atoms with van der Waals surface area (Å²) in [5.74, 6) is 0. The molecule has 18 heavy (non-hydrogen) atoms. The van der Waals surface area contributed by atoms with E-state index < -0.39 is 0 Å². The highest BCUT2D eigenvalue weighted by Gasteiger charge is 2.32. The average molecular weight is 453 g/mol. The van der Waals surface area contributed by atoms with E-state index in [9.17, 15) is 0 Å². The number of hydrogen-bond acceptors (Lipinski definition) is 1. The van der Waals surface area contributed by atoms with Gasteiger partial charge in [0.1, 0.15) is 0 Å². The lowest BCUT2D eigenvalue weighted by Gasteiger charge is -2.31. The molecule has 0 N–H and O–H groups in total. The highest BCUT2D eigenvalue weighted by Crippen LogP contribution is 2.37. The van der Waals surface area contributed by atoms with Gasteiger partial charge in [0, 0.05) is 25.4 Å². The molecule has 2 aromatic rings. The van der Waals surface area contributed by atoms with Gasteiger partial charge in [-0.1, -0.05) is 72.1 Å². The van der Waals surface area contributed by atoms with Crippen LogP contribution >= 0.6 is 59.1 Å². The lowest BCUT2D eigenvalue weighted by molar-refractivity contribution is 0.553. The monoisotopic (exact) mass is 450 g/mol. The fourth-order valence-corrected chi connectivity index (χ4v) is 5.49. The zero-order chi connectivity index (χ0) is 13.0. The molecule has 0 radical (unpaired) electrons. The van der Waals surface area contributed by atoms with Gasteiger partial charge in [0.25, 0.3) is 0 Å². The molecular formula is C14H13Br3S. The molecule has 1 aromatic carbocycles. The van der Waals surface area contributed by atoms with Gasteiger partial charge in [-0.3, -0.25) is 0 Å². The Kier molecular flexibility index (Phi) is 5.48. The molecular weight excluding hydrogens is 440 g/mol. The van der Waals surface area contributed by atoms with E-state index in [2.05, 4.69) is 89.6 Å². The predicted molar refractivity (Wildman–Crippen MR) is 91.4 cm³/mol. The molecule has 0 amide bonds. The van der Waals surface area contributed by atoms with E-state index in [0.717, 1.165) is 17.1 Å². The van der Waals surface area contributed by atoms with E-state index in [1.54, 1.807) is 0 Å². The second kappa shape index (κ2) is 6.69. The summed E-state index contributed by atoms with van der Waals surface area (Å²) in [6, 6.07) is 12.8. The van der Waals surface area contributed by atoms with Crippen LogP contribution in [0.15, 0.2) is 46.3 Å². The van der Waals surface area contributed by atoms with Gasteiger partial charge >= 0.3 is 0 Å². The van der Waals surface area contributed by atoms with Crippen molar-refractivity contribution in [2.75, 3.05) is 10.7 Å². The van der Waals surface area contributed by atoms with E-state index >= 15 is 0 Å². The largest absolute Gasteiger partial charge is 0.149 e. The first-order valence-corrected chi connectivity index (χ1v) is 9.53. The molecule has 0 aliphatic rings. The molecule has 1 heterocycles. The molecule has 96 valence electrons. The van der Waals surface area contributed by atoms with Crippen molar-refractivity contribution in [2.24, 2.45) is 0 Å². The van der Waals surface area contributed by atoms with Gasteiger partial charge in [-0.2, -0.15) is 0 Å². The average Bonchev–Trinajstić information content (AvgIpc) is 2.90. The van der Waals surface area contributed by atoms with E-state index in [1.165, 1.54) is 14.9 Å². The Hall–Kier alpha value is 0.360. The van der Waals surface area contributed by atoms with Crippen molar-refractivity contribution >= 4 is 59.1 Å². The fraction of sp³-hybridized carbons (Fsp3) is 0.286. The number of rotatable bonds is 5. The molecule has 4 heteroatoms. The number of benzene rings is 1. The quantitative estimate of drug-likeness (QED) is 0.504. The maximum absolute atomic E-state index is 3.70. The summed E-state index contributed by atoms with van der Waals surface area (Å²) in [6.07, 6.45) is 1.05. The lowest BCUT2D eigenvalue weighted by atomic mass is 9.81. The third-order valence-corrected chi connectivity index (χ3v) is 6.76. The maximum atomic E-state index is 3.70.